The summed E-state index contributed by atoms with van der Waals surface area (Å²) in [5.74, 6) is 5.41. The Hall–Kier alpha value is -2.04. The van der Waals surface area contributed by atoms with E-state index in [2.05, 4.69) is 5.43 Å². The Morgan fingerprint density at radius 3 is 2.57 bits per heavy atom. The van der Waals surface area contributed by atoms with E-state index in [1.165, 1.54) is 0 Å². The van der Waals surface area contributed by atoms with Crippen molar-refractivity contribution in [3.63, 3.8) is 0 Å². The maximum Gasteiger partial charge on any atom is 0.234 e. The maximum absolute atomic E-state index is 11.0. The molecule has 2 aromatic rings. The number of hydrazine groups is 1. The number of amides is 1. The lowest BCUT2D eigenvalue weighted by atomic mass is 10.1. The van der Waals surface area contributed by atoms with Gasteiger partial charge in [-0.1, -0.05) is 48.0 Å². The molecule has 0 atom stereocenters. The van der Waals surface area contributed by atoms with E-state index in [-0.39, 0.29) is 5.91 Å². The summed E-state index contributed by atoms with van der Waals surface area (Å²) in [6.45, 7) is 0.415. The molecule has 0 aliphatic heterocycles. The molecule has 0 radical (unpaired) electrons. The smallest absolute Gasteiger partial charge is 0.234 e. The second-order valence-electron chi connectivity index (χ2n) is 4.53. The number of benzene rings is 2. The zero-order chi connectivity index (χ0) is 15.1. The lowest BCUT2D eigenvalue weighted by molar-refractivity contribution is -0.121. The molecule has 3 N–H and O–H groups in total. The maximum atomic E-state index is 11.0. The number of carbonyl (C=O) groups is 1. The van der Waals surface area contributed by atoms with Gasteiger partial charge in [0.05, 0.1) is 11.6 Å². The van der Waals surface area contributed by atoms with Crippen LogP contribution in [0.4, 0.5) is 0 Å². The van der Waals surface area contributed by atoms with Gasteiger partial charge in [0.25, 0.3) is 0 Å². The summed E-state index contributed by atoms with van der Waals surface area (Å²) < 4.78 is 5.57. The SMILES string of the molecule is NNC(=O)CCCOc1ccc(-c2ccccc2)cc1Cl. The molecule has 0 unspecified atom stereocenters. The molecule has 0 aliphatic rings. The standard InChI is InChI=1S/C16H17ClN2O2/c17-14-11-13(12-5-2-1-3-6-12)8-9-15(14)21-10-4-7-16(20)19-18/h1-3,5-6,8-9,11H,4,7,10,18H2,(H,19,20). The van der Waals surface area contributed by atoms with Crippen molar-refractivity contribution in [2.45, 2.75) is 12.8 Å². The summed E-state index contributed by atoms with van der Waals surface area (Å²) in [6, 6.07) is 15.7. The van der Waals surface area contributed by atoms with Crippen LogP contribution in [0.2, 0.25) is 5.02 Å². The van der Waals surface area contributed by atoms with Gasteiger partial charge in [-0.25, -0.2) is 5.84 Å². The quantitative estimate of drug-likeness (QED) is 0.373. The first-order valence-corrected chi connectivity index (χ1v) is 7.05. The van der Waals surface area contributed by atoms with Gasteiger partial charge in [0, 0.05) is 6.42 Å². The summed E-state index contributed by atoms with van der Waals surface area (Å²) in [5.41, 5.74) is 4.22. The Labute approximate surface area is 128 Å². The Kier molecular flexibility index (Phi) is 5.60. The first-order chi connectivity index (χ1) is 10.2. The molecule has 0 saturated carbocycles. The van der Waals surface area contributed by atoms with Gasteiger partial charge in [0.1, 0.15) is 5.75 Å². The molecule has 2 rings (SSSR count). The van der Waals surface area contributed by atoms with Gasteiger partial charge in [0.2, 0.25) is 5.91 Å². The van der Waals surface area contributed by atoms with Gasteiger partial charge in [-0.05, 0) is 29.7 Å². The summed E-state index contributed by atoms with van der Waals surface area (Å²) in [5, 5.41) is 0.555. The number of halogens is 1. The number of ether oxygens (including phenoxy) is 1. The van der Waals surface area contributed by atoms with Crippen LogP contribution in [0.1, 0.15) is 12.8 Å². The summed E-state index contributed by atoms with van der Waals surface area (Å²) in [6.07, 6.45) is 0.913. The normalized spacial score (nSPS) is 10.2. The second kappa shape index (κ2) is 7.67. The van der Waals surface area contributed by atoms with Crippen molar-refractivity contribution < 1.29 is 9.53 Å². The number of hydrogen-bond donors (Lipinski definition) is 2. The molecular weight excluding hydrogens is 288 g/mol. The van der Waals surface area contributed by atoms with E-state index >= 15 is 0 Å². The minimum absolute atomic E-state index is 0.205. The molecule has 0 fully saturated rings. The van der Waals surface area contributed by atoms with Crippen LogP contribution in [0, 0.1) is 0 Å². The minimum atomic E-state index is -0.205. The Morgan fingerprint density at radius 2 is 1.90 bits per heavy atom. The Bertz CT molecular complexity index is 602. The van der Waals surface area contributed by atoms with Crippen LogP contribution >= 0.6 is 11.6 Å². The first kappa shape index (κ1) is 15.4. The van der Waals surface area contributed by atoms with Crippen LogP contribution in [0.15, 0.2) is 48.5 Å². The molecule has 0 heterocycles. The zero-order valence-electron chi connectivity index (χ0n) is 11.5. The van der Waals surface area contributed by atoms with E-state index < -0.39 is 0 Å². The highest BCUT2D eigenvalue weighted by atomic mass is 35.5. The number of rotatable bonds is 6. The van der Waals surface area contributed by atoms with Gasteiger partial charge >= 0.3 is 0 Å². The molecular formula is C16H17ClN2O2. The number of carbonyl (C=O) groups excluding carboxylic acids is 1. The predicted octanol–water partition coefficient (Wildman–Crippen LogP) is 3.16. The number of nitrogens with two attached hydrogens (primary N) is 1. The first-order valence-electron chi connectivity index (χ1n) is 6.68. The van der Waals surface area contributed by atoms with Crippen LogP contribution in [-0.2, 0) is 4.79 Å². The topological polar surface area (TPSA) is 64.3 Å². The number of nitrogens with one attached hydrogen (secondary N) is 1. The van der Waals surface area contributed by atoms with Crippen molar-refractivity contribution in [2.75, 3.05) is 6.61 Å². The largest absolute Gasteiger partial charge is 0.492 e. The monoisotopic (exact) mass is 304 g/mol. The zero-order valence-corrected chi connectivity index (χ0v) is 12.3. The molecule has 4 nitrogen and oxygen atoms in total. The van der Waals surface area contributed by atoms with Crippen LogP contribution in [0.3, 0.4) is 0 Å². The van der Waals surface area contributed by atoms with E-state index in [4.69, 9.17) is 22.2 Å². The van der Waals surface area contributed by atoms with Gasteiger partial charge < -0.3 is 4.74 Å². The molecule has 0 aromatic heterocycles. The molecule has 110 valence electrons. The van der Waals surface area contributed by atoms with Gasteiger partial charge in [0.15, 0.2) is 0 Å². The lowest BCUT2D eigenvalue weighted by Crippen LogP contribution is -2.29. The minimum Gasteiger partial charge on any atom is -0.492 e. The van der Waals surface area contributed by atoms with Crippen molar-refractivity contribution in [2.24, 2.45) is 5.84 Å². The van der Waals surface area contributed by atoms with E-state index in [1.807, 2.05) is 48.5 Å². The predicted molar refractivity (Wildman–Crippen MR) is 83.9 cm³/mol. The van der Waals surface area contributed by atoms with Crippen LogP contribution in [0.25, 0.3) is 11.1 Å². The van der Waals surface area contributed by atoms with E-state index in [1.54, 1.807) is 0 Å². The highest BCUT2D eigenvalue weighted by Crippen LogP contribution is 2.30. The number of hydrogen-bond acceptors (Lipinski definition) is 3. The van der Waals surface area contributed by atoms with E-state index in [0.717, 1.165) is 11.1 Å². The Balaban J connectivity index is 1.95. The third kappa shape index (κ3) is 4.48. The van der Waals surface area contributed by atoms with Gasteiger partial charge in [-0.3, -0.25) is 10.2 Å². The van der Waals surface area contributed by atoms with Crippen molar-refractivity contribution in [3.05, 3.63) is 53.6 Å². The molecule has 0 aliphatic carbocycles. The summed E-state index contributed by atoms with van der Waals surface area (Å²) in [4.78, 5) is 11.0. The third-order valence-electron chi connectivity index (χ3n) is 3.01. The van der Waals surface area contributed by atoms with Crippen molar-refractivity contribution in [1.82, 2.24) is 5.43 Å². The fourth-order valence-corrected chi connectivity index (χ4v) is 2.15. The highest BCUT2D eigenvalue weighted by molar-refractivity contribution is 6.32. The highest BCUT2D eigenvalue weighted by Gasteiger charge is 2.05. The molecule has 0 spiro atoms. The molecule has 21 heavy (non-hydrogen) atoms. The average molecular weight is 305 g/mol. The Morgan fingerprint density at radius 1 is 1.14 bits per heavy atom. The van der Waals surface area contributed by atoms with Crippen molar-refractivity contribution in [3.8, 4) is 16.9 Å². The molecule has 1 amide bonds. The van der Waals surface area contributed by atoms with Gasteiger partial charge in [-0.15, -0.1) is 0 Å². The third-order valence-corrected chi connectivity index (χ3v) is 3.30. The van der Waals surface area contributed by atoms with E-state index in [9.17, 15) is 4.79 Å². The summed E-state index contributed by atoms with van der Waals surface area (Å²) >= 11 is 6.22. The van der Waals surface area contributed by atoms with Crippen molar-refractivity contribution in [1.29, 1.82) is 0 Å². The average Bonchev–Trinajstić information content (AvgIpc) is 2.53. The molecule has 0 saturated heterocycles. The summed E-state index contributed by atoms with van der Waals surface area (Å²) in [7, 11) is 0. The van der Waals surface area contributed by atoms with Crippen LogP contribution in [-0.4, -0.2) is 12.5 Å². The van der Waals surface area contributed by atoms with Gasteiger partial charge in [-0.2, -0.15) is 0 Å². The molecule has 2 aromatic carbocycles. The van der Waals surface area contributed by atoms with Crippen LogP contribution in [0.5, 0.6) is 5.75 Å². The molecule has 5 heteroatoms. The molecule has 0 bridgehead atoms. The second-order valence-corrected chi connectivity index (χ2v) is 4.94. The van der Waals surface area contributed by atoms with Crippen molar-refractivity contribution >= 4 is 17.5 Å². The van der Waals surface area contributed by atoms with Crippen LogP contribution < -0.4 is 16.0 Å². The lowest BCUT2D eigenvalue weighted by Gasteiger charge is -2.09. The fraction of sp³-hybridized carbons (Fsp3) is 0.188. The van der Waals surface area contributed by atoms with E-state index in [0.29, 0.717) is 30.2 Å². The fourth-order valence-electron chi connectivity index (χ4n) is 1.92.